The maximum absolute atomic E-state index is 9.70. The van der Waals surface area contributed by atoms with E-state index >= 15 is 0 Å². The molecular formula is C26H20B2O4. The van der Waals surface area contributed by atoms with Gasteiger partial charge in [-0.1, -0.05) is 97.1 Å². The minimum atomic E-state index is -1.54. The average Bonchev–Trinajstić information content (AvgIpc) is 2.82. The molecule has 0 saturated heterocycles. The van der Waals surface area contributed by atoms with Gasteiger partial charge in [0, 0.05) is 0 Å². The van der Waals surface area contributed by atoms with Gasteiger partial charge in [-0.3, -0.25) is 0 Å². The molecule has 0 radical (unpaired) electrons. The highest BCUT2D eigenvalue weighted by molar-refractivity contribution is 6.59. The van der Waals surface area contributed by atoms with E-state index < -0.39 is 14.2 Å². The van der Waals surface area contributed by atoms with Crippen molar-refractivity contribution in [1.29, 1.82) is 0 Å². The van der Waals surface area contributed by atoms with Crippen LogP contribution in [0.1, 0.15) is 0 Å². The van der Waals surface area contributed by atoms with Crippen molar-refractivity contribution in [2.45, 2.75) is 0 Å². The summed E-state index contributed by atoms with van der Waals surface area (Å²) in [4.78, 5) is 0. The van der Waals surface area contributed by atoms with Crippen LogP contribution in [0.25, 0.3) is 43.8 Å². The largest absolute Gasteiger partial charge is 0.488 e. The van der Waals surface area contributed by atoms with E-state index in [-0.39, 0.29) is 0 Å². The third-order valence-corrected chi connectivity index (χ3v) is 5.88. The molecule has 4 N–H and O–H groups in total. The van der Waals surface area contributed by atoms with Crippen LogP contribution in [0.15, 0.2) is 97.1 Å². The quantitative estimate of drug-likeness (QED) is 0.267. The number of fused-ring (bicyclic) bond motifs is 2. The van der Waals surface area contributed by atoms with Crippen molar-refractivity contribution >= 4 is 46.7 Å². The zero-order valence-electron chi connectivity index (χ0n) is 17.2. The van der Waals surface area contributed by atoms with Gasteiger partial charge in [0.1, 0.15) is 0 Å². The smallest absolute Gasteiger partial charge is 0.423 e. The molecule has 5 rings (SSSR count). The van der Waals surface area contributed by atoms with Crippen LogP contribution in [0.3, 0.4) is 0 Å². The molecule has 0 aliphatic rings. The van der Waals surface area contributed by atoms with Gasteiger partial charge in [-0.2, -0.15) is 0 Å². The fourth-order valence-electron chi connectivity index (χ4n) is 4.46. The second-order valence-corrected chi connectivity index (χ2v) is 7.84. The van der Waals surface area contributed by atoms with Gasteiger partial charge in [-0.15, -0.1) is 0 Å². The van der Waals surface area contributed by atoms with Crippen LogP contribution in [-0.4, -0.2) is 34.3 Å². The number of hydrogen-bond acceptors (Lipinski definition) is 4. The summed E-state index contributed by atoms with van der Waals surface area (Å²) >= 11 is 0. The standard InChI is InChI=1S/C26H20B2O4/c29-27(30)19-9-5-7-17(15-19)25-21-11-1-2-12-22(21)26(24-14-4-3-13-23(24)25)18-8-6-10-20(16-18)28(31)32/h1-16,29-32H. The topological polar surface area (TPSA) is 80.9 Å². The Bertz CT molecular complexity index is 1280. The van der Waals surface area contributed by atoms with Gasteiger partial charge < -0.3 is 20.1 Å². The Hall–Kier alpha value is -3.41. The predicted molar refractivity (Wildman–Crippen MR) is 132 cm³/mol. The van der Waals surface area contributed by atoms with Crippen molar-refractivity contribution in [2.24, 2.45) is 0 Å². The molecule has 6 heteroatoms. The van der Waals surface area contributed by atoms with Crippen molar-refractivity contribution in [3.63, 3.8) is 0 Å². The van der Waals surface area contributed by atoms with E-state index in [1.54, 1.807) is 24.3 Å². The third kappa shape index (κ3) is 3.49. The Labute approximate surface area is 186 Å². The molecule has 4 nitrogen and oxygen atoms in total. The van der Waals surface area contributed by atoms with Gasteiger partial charge in [0.15, 0.2) is 0 Å². The molecule has 0 heterocycles. The molecule has 0 unspecified atom stereocenters. The highest BCUT2D eigenvalue weighted by atomic mass is 16.4. The lowest BCUT2D eigenvalue weighted by Gasteiger charge is -2.18. The molecular weight excluding hydrogens is 398 g/mol. The van der Waals surface area contributed by atoms with E-state index in [0.29, 0.717) is 10.9 Å². The van der Waals surface area contributed by atoms with Gasteiger partial charge >= 0.3 is 14.2 Å². The highest BCUT2D eigenvalue weighted by Gasteiger charge is 2.19. The average molecular weight is 418 g/mol. The first-order valence-electron chi connectivity index (χ1n) is 10.4. The van der Waals surface area contributed by atoms with Crippen molar-refractivity contribution in [3.8, 4) is 22.3 Å². The van der Waals surface area contributed by atoms with E-state index in [2.05, 4.69) is 24.3 Å². The number of benzene rings is 5. The van der Waals surface area contributed by atoms with E-state index in [1.807, 2.05) is 48.5 Å². The Morgan fingerprint density at radius 2 is 0.750 bits per heavy atom. The lowest BCUT2D eigenvalue weighted by molar-refractivity contribution is 0.424. The zero-order valence-corrected chi connectivity index (χ0v) is 17.2. The summed E-state index contributed by atoms with van der Waals surface area (Å²) in [5.74, 6) is 0. The van der Waals surface area contributed by atoms with Crippen LogP contribution in [0.4, 0.5) is 0 Å². The summed E-state index contributed by atoms with van der Waals surface area (Å²) in [5, 5.41) is 42.9. The normalized spacial score (nSPS) is 11.1. The van der Waals surface area contributed by atoms with E-state index in [0.717, 1.165) is 43.8 Å². The van der Waals surface area contributed by atoms with Gasteiger partial charge in [0.25, 0.3) is 0 Å². The Morgan fingerprint density at radius 3 is 1.06 bits per heavy atom. The number of rotatable bonds is 4. The fraction of sp³-hybridized carbons (Fsp3) is 0. The summed E-state index contributed by atoms with van der Waals surface area (Å²) in [6.07, 6.45) is 0. The van der Waals surface area contributed by atoms with Crippen LogP contribution < -0.4 is 10.9 Å². The molecule has 0 atom stereocenters. The van der Waals surface area contributed by atoms with Crippen LogP contribution in [-0.2, 0) is 0 Å². The molecule has 5 aromatic carbocycles. The van der Waals surface area contributed by atoms with E-state index in [9.17, 15) is 20.1 Å². The fourth-order valence-corrected chi connectivity index (χ4v) is 4.46. The summed E-state index contributed by atoms with van der Waals surface area (Å²) in [7, 11) is -3.08. The molecule has 0 aliphatic heterocycles. The Morgan fingerprint density at radius 1 is 0.406 bits per heavy atom. The number of hydrogen-bond donors (Lipinski definition) is 4. The minimum absolute atomic E-state index is 0.435. The maximum Gasteiger partial charge on any atom is 0.488 e. The monoisotopic (exact) mass is 418 g/mol. The van der Waals surface area contributed by atoms with Crippen LogP contribution in [0.5, 0.6) is 0 Å². The van der Waals surface area contributed by atoms with E-state index in [4.69, 9.17) is 0 Å². The summed E-state index contributed by atoms with van der Waals surface area (Å²) < 4.78 is 0. The molecule has 0 amide bonds. The maximum atomic E-state index is 9.70. The second kappa shape index (κ2) is 8.26. The zero-order chi connectivity index (χ0) is 22.2. The van der Waals surface area contributed by atoms with Crippen molar-refractivity contribution in [2.75, 3.05) is 0 Å². The second-order valence-electron chi connectivity index (χ2n) is 7.84. The Balaban J connectivity index is 1.91. The summed E-state index contributed by atoms with van der Waals surface area (Å²) in [6.45, 7) is 0. The SMILES string of the molecule is OB(O)c1cccc(-c2c3ccccc3c(-c3cccc(B(O)O)c3)c3ccccc23)c1. The first-order valence-corrected chi connectivity index (χ1v) is 10.4. The lowest BCUT2D eigenvalue weighted by atomic mass is 9.77. The molecule has 0 aliphatic carbocycles. The van der Waals surface area contributed by atoms with Gasteiger partial charge in [-0.25, -0.2) is 0 Å². The van der Waals surface area contributed by atoms with Crippen LogP contribution >= 0.6 is 0 Å². The van der Waals surface area contributed by atoms with Crippen LogP contribution in [0, 0.1) is 0 Å². The summed E-state index contributed by atoms with van der Waals surface area (Å²) in [6, 6.07) is 30.8. The third-order valence-electron chi connectivity index (χ3n) is 5.88. The molecule has 154 valence electrons. The van der Waals surface area contributed by atoms with Gasteiger partial charge in [-0.05, 0) is 54.7 Å². The molecule has 0 spiro atoms. The molecule has 0 saturated carbocycles. The first kappa shape index (κ1) is 20.5. The lowest BCUT2D eigenvalue weighted by Crippen LogP contribution is -2.29. The predicted octanol–water partition coefficient (Wildman–Crippen LogP) is 2.69. The minimum Gasteiger partial charge on any atom is -0.423 e. The molecule has 5 aromatic rings. The van der Waals surface area contributed by atoms with Gasteiger partial charge in [0.2, 0.25) is 0 Å². The van der Waals surface area contributed by atoms with Crippen LogP contribution in [0.2, 0.25) is 0 Å². The first-order chi connectivity index (χ1) is 15.5. The Kier molecular flexibility index (Phi) is 5.29. The highest BCUT2D eigenvalue weighted by Crippen LogP contribution is 2.43. The molecule has 0 aromatic heterocycles. The van der Waals surface area contributed by atoms with E-state index in [1.165, 1.54) is 0 Å². The molecule has 0 bridgehead atoms. The summed E-state index contributed by atoms with van der Waals surface area (Å²) in [5.41, 5.74) is 4.69. The van der Waals surface area contributed by atoms with Crippen molar-refractivity contribution in [1.82, 2.24) is 0 Å². The molecule has 0 fully saturated rings. The van der Waals surface area contributed by atoms with Gasteiger partial charge in [0.05, 0.1) is 0 Å². The van der Waals surface area contributed by atoms with Crippen molar-refractivity contribution < 1.29 is 20.1 Å². The van der Waals surface area contributed by atoms with Crippen molar-refractivity contribution in [3.05, 3.63) is 97.1 Å². The molecule has 32 heavy (non-hydrogen) atoms.